The van der Waals surface area contributed by atoms with Crippen molar-refractivity contribution in [3.8, 4) is 11.5 Å². The molecule has 1 heterocycles. The number of aliphatic hydroxyl groups excluding tert-OH is 1. The van der Waals surface area contributed by atoms with Crippen LogP contribution in [0.15, 0.2) is 34.9 Å². The molecule has 2 rings (SSSR count). The summed E-state index contributed by atoms with van der Waals surface area (Å²) >= 11 is 3.21. The SMILES string of the molecule is Cc1ccc(Oc2c(F)cc(CO)cc2Br)cn1. The molecule has 18 heavy (non-hydrogen) atoms. The standard InChI is InChI=1S/C13H11BrFNO2/c1-8-2-3-10(6-16-8)18-13-11(14)4-9(7-17)5-12(13)15/h2-6,17H,7H2,1H3. The molecule has 0 atom stereocenters. The predicted molar refractivity (Wildman–Crippen MR) is 69.1 cm³/mol. The third-order valence-corrected chi connectivity index (χ3v) is 2.93. The Kier molecular flexibility index (Phi) is 3.93. The summed E-state index contributed by atoms with van der Waals surface area (Å²) in [6.07, 6.45) is 1.53. The zero-order valence-corrected chi connectivity index (χ0v) is 11.2. The summed E-state index contributed by atoms with van der Waals surface area (Å²) in [7, 11) is 0. The maximum atomic E-state index is 13.8. The lowest BCUT2D eigenvalue weighted by molar-refractivity contribution is 0.280. The second-order valence-electron chi connectivity index (χ2n) is 3.78. The Morgan fingerprint density at radius 3 is 2.72 bits per heavy atom. The van der Waals surface area contributed by atoms with Crippen LogP contribution in [0.5, 0.6) is 11.5 Å². The molecule has 0 fully saturated rings. The average Bonchev–Trinajstić information content (AvgIpc) is 2.35. The predicted octanol–water partition coefficient (Wildman–Crippen LogP) is 3.58. The first kappa shape index (κ1) is 13.0. The number of halogens is 2. The molecule has 0 aliphatic heterocycles. The van der Waals surface area contributed by atoms with E-state index in [1.807, 2.05) is 6.92 Å². The number of hydrogen-bond acceptors (Lipinski definition) is 3. The van der Waals surface area contributed by atoms with Crippen molar-refractivity contribution in [3.05, 3.63) is 52.0 Å². The highest BCUT2D eigenvalue weighted by atomic mass is 79.9. The van der Waals surface area contributed by atoms with Crippen LogP contribution in [0.3, 0.4) is 0 Å². The van der Waals surface area contributed by atoms with E-state index in [4.69, 9.17) is 9.84 Å². The fourth-order valence-electron chi connectivity index (χ4n) is 1.43. The second-order valence-corrected chi connectivity index (χ2v) is 4.64. The molecule has 0 saturated heterocycles. The molecule has 3 nitrogen and oxygen atoms in total. The molecular formula is C13H11BrFNO2. The van der Waals surface area contributed by atoms with Crippen LogP contribution in [0.4, 0.5) is 4.39 Å². The Labute approximate surface area is 112 Å². The largest absolute Gasteiger partial charge is 0.451 e. The molecular weight excluding hydrogens is 301 g/mol. The van der Waals surface area contributed by atoms with Crippen LogP contribution < -0.4 is 4.74 Å². The van der Waals surface area contributed by atoms with Gasteiger partial charge in [-0.3, -0.25) is 4.98 Å². The van der Waals surface area contributed by atoms with Crippen LogP contribution in [0.1, 0.15) is 11.3 Å². The van der Waals surface area contributed by atoms with E-state index in [1.54, 1.807) is 18.2 Å². The van der Waals surface area contributed by atoms with Crippen LogP contribution >= 0.6 is 15.9 Å². The van der Waals surface area contributed by atoms with Crippen molar-refractivity contribution in [1.29, 1.82) is 0 Å². The Morgan fingerprint density at radius 2 is 2.17 bits per heavy atom. The summed E-state index contributed by atoms with van der Waals surface area (Å²) in [6, 6.07) is 6.35. The van der Waals surface area contributed by atoms with Gasteiger partial charge in [0, 0.05) is 5.69 Å². The third-order valence-electron chi connectivity index (χ3n) is 2.34. The summed E-state index contributed by atoms with van der Waals surface area (Å²) < 4.78 is 19.7. The zero-order chi connectivity index (χ0) is 13.1. The number of nitrogens with zero attached hydrogens (tertiary/aromatic N) is 1. The van der Waals surface area contributed by atoms with Gasteiger partial charge in [0.15, 0.2) is 11.6 Å². The van der Waals surface area contributed by atoms with Gasteiger partial charge < -0.3 is 9.84 Å². The van der Waals surface area contributed by atoms with Crippen molar-refractivity contribution in [1.82, 2.24) is 4.98 Å². The second kappa shape index (κ2) is 5.46. The van der Waals surface area contributed by atoms with Crippen molar-refractivity contribution >= 4 is 15.9 Å². The van der Waals surface area contributed by atoms with E-state index in [1.165, 1.54) is 12.3 Å². The van der Waals surface area contributed by atoms with Gasteiger partial charge in [-0.2, -0.15) is 0 Å². The molecule has 0 spiro atoms. The van der Waals surface area contributed by atoms with Crippen molar-refractivity contribution < 1.29 is 14.2 Å². The molecule has 94 valence electrons. The van der Waals surface area contributed by atoms with Gasteiger partial charge in [0.05, 0.1) is 17.3 Å². The molecule has 0 saturated carbocycles. The van der Waals surface area contributed by atoms with E-state index < -0.39 is 5.82 Å². The van der Waals surface area contributed by atoms with E-state index in [9.17, 15) is 4.39 Å². The van der Waals surface area contributed by atoms with Crippen LogP contribution in [-0.2, 0) is 6.61 Å². The normalized spacial score (nSPS) is 10.4. The maximum absolute atomic E-state index is 13.8. The number of benzene rings is 1. The Morgan fingerprint density at radius 1 is 1.39 bits per heavy atom. The summed E-state index contributed by atoms with van der Waals surface area (Å²) in [4.78, 5) is 4.07. The van der Waals surface area contributed by atoms with E-state index in [0.29, 0.717) is 15.8 Å². The van der Waals surface area contributed by atoms with Gasteiger partial charge >= 0.3 is 0 Å². The van der Waals surface area contributed by atoms with Crippen LogP contribution in [0, 0.1) is 12.7 Å². The number of aromatic nitrogens is 1. The van der Waals surface area contributed by atoms with E-state index in [2.05, 4.69) is 20.9 Å². The fourth-order valence-corrected chi connectivity index (χ4v) is 2.00. The molecule has 1 aromatic heterocycles. The van der Waals surface area contributed by atoms with Crippen molar-refractivity contribution in [2.45, 2.75) is 13.5 Å². The van der Waals surface area contributed by atoms with Gasteiger partial charge in [-0.15, -0.1) is 0 Å². The minimum atomic E-state index is -0.533. The molecule has 1 N–H and O–H groups in total. The van der Waals surface area contributed by atoms with Crippen LogP contribution in [0.2, 0.25) is 0 Å². The van der Waals surface area contributed by atoms with Gasteiger partial charge in [-0.05, 0) is 52.7 Å². The number of aliphatic hydroxyl groups is 1. The Balaban J connectivity index is 2.31. The summed E-state index contributed by atoms with van der Waals surface area (Å²) in [5.74, 6) is 0.00352. The van der Waals surface area contributed by atoms with E-state index in [-0.39, 0.29) is 12.4 Å². The molecule has 0 unspecified atom stereocenters. The van der Waals surface area contributed by atoms with E-state index in [0.717, 1.165) is 5.69 Å². The topological polar surface area (TPSA) is 42.4 Å². The highest BCUT2D eigenvalue weighted by Crippen LogP contribution is 2.33. The van der Waals surface area contributed by atoms with Gasteiger partial charge in [-0.25, -0.2) is 4.39 Å². The highest BCUT2D eigenvalue weighted by Gasteiger charge is 2.11. The third kappa shape index (κ3) is 2.86. The summed E-state index contributed by atoms with van der Waals surface area (Å²) in [5, 5.41) is 8.96. The van der Waals surface area contributed by atoms with Crippen molar-refractivity contribution in [3.63, 3.8) is 0 Å². The summed E-state index contributed by atoms with van der Waals surface area (Å²) in [6.45, 7) is 1.64. The smallest absolute Gasteiger partial charge is 0.177 e. The summed E-state index contributed by atoms with van der Waals surface area (Å²) in [5.41, 5.74) is 1.34. The number of ether oxygens (including phenoxy) is 1. The number of rotatable bonds is 3. The molecule has 1 aromatic carbocycles. The first-order chi connectivity index (χ1) is 8.60. The van der Waals surface area contributed by atoms with Crippen molar-refractivity contribution in [2.75, 3.05) is 0 Å². The molecule has 5 heteroatoms. The van der Waals surface area contributed by atoms with Gasteiger partial charge in [0.1, 0.15) is 5.75 Å². The Bertz CT molecular complexity index is 534. The maximum Gasteiger partial charge on any atom is 0.177 e. The molecule has 2 aromatic rings. The van der Waals surface area contributed by atoms with Crippen molar-refractivity contribution in [2.24, 2.45) is 0 Å². The minimum absolute atomic E-state index is 0.0813. The van der Waals surface area contributed by atoms with Crippen LogP contribution in [-0.4, -0.2) is 10.1 Å². The first-order valence-electron chi connectivity index (χ1n) is 5.29. The monoisotopic (exact) mass is 311 g/mol. The lowest BCUT2D eigenvalue weighted by Crippen LogP contribution is -1.94. The van der Waals surface area contributed by atoms with Gasteiger partial charge in [-0.1, -0.05) is 0 Å². The number of hydrogen-bond donors (Lipinski definition) is 1. The molecule has 0 aliphatic carbocycles. The fraction of sp³-hybridized carbons (Fsp3) is 0.154. The van der Waals surface area contributed by atoms with Gasteiger partial charge in [0.2, 0.25) is 0 Å². The van der Waals surface area contributed by atoms with Gasteiger partial charge in [0.25, 0.3) is 0 Å². The lowest BCUT2D eigenvalue weighted by atomic mass is 10.2. The quantitative estimate of drug-likeness (QED) is 0.942. The van der Waals surface area contributed by atoms with Crippen LogP contribution in [0.25, 0.3) is 0 Å². The highest BCUT2D eigenvalue weighted by molar-refractivity contribution is 9.10. The van der Waals surface area contributed by atoms with E-state index >= 15 is 0 Å². The number of aryl methyl sites for hydroxylation is 1. The zero-order valence-electron chi connectivity index (χ0n) is 9.65. The number of pyridine rings is 1. The Hall–Kier alpha value is -1.46. The molecule has 0 aliphatic rings. The average molecular weight is 312 g/mol. The first-order valence-corrected chi connectivity index (χ1v) is 6.08. The molecule has 0 amide bonds. The molecule has 0 radical (unpaired) electrons. The molecule has 0 bridgehead atoms. The lowest BCUT2D eigenvalue weighted by Gasteiger charge is -2.10. The minimum Gasteiger partial charge on any atom is -0.451 e.